The summed E-state index contributed by atoms with van der Waals surface area (Å²) in [6, 6.07) is 16.2. The van der Waals surface area contributed by atoms with Crippen LogP contribution in [0.3, 0.4) is 0 Å². The molecule has 0 saturated heterocycles. The van der Waals surface area contributed by atoms with E-state index in [0.717, 1.165) is 6.07 Å². The molecule has 1 N–H and O–H groups in total. The van der Waals surface area contributed by atoms with Gasteiger partial charge in [0, 0.05) is 11.6 Å². The molecule has 1 atom stereocenters. The summed E-state index contributed by atoms with van der Waals surface area (Å²) >= 11 is 6.31. The van der Waals surface area contributed by atoms with Gasteiger partial charge < -0.3 is 14.4 Å². The molecule has 1 amide bonds. The Morgan fingerprint density at radius 2 is 1.77 bits per heavy atom. The third kappa shape index (κ3) is 3.16. The van der Waals surface area contributed by atoms with E-state index in [1.165, 1.54) is 29.2 Å². The van der Waals surface area contributed by atoms with E-state index in [1.54, 1.807) is 30.3 Å². The quantitative estimate of drug-likeness (QED) is 0.489. The summed E-state index contributed by atoms with van der Waals surface area (Å²) in [6.45, 7) is 0.137. The fraction of sp³-hybridized carbons (Fsp3) is 0.0833. The van der Waals surface area contributed by atoms with Crippen LogP contribution in [0.2, 0.25) is 5.02 Å². The number of hydrogen-bond donors (Lipinski definition) is 1. The van der Waals surface area contributed by atoms with Gasteiger partial charge >= 0.3 is 0 Å². The normalized spacial score (nSPS) is 15.5. The second kappa shape index (κ2) is 7.25. The summed E-state index contributed by atoms with van der Waals surface area (Å²) < 4.78 is 19.6. The number of rotatable bonds is 3. The topological polar surface area (TPSA) is 70.8 Å². The summed E-state index contributed by atoms with van der Waals surface area (Å²) in [6.07, 6.45) is 0. The van der Waals surface area contributed by atoms with E-state index >= 15 is 0 Å². The average Bonchev–Trinajstić information content (AvgIpc) is 3.03. The molecular formula is C24H15ClFNO4. The number of hydrogen-bond acceptors (Lipinski definition) is 4. The van der Waals surface area contributed by atoms with Gasteiger partial charge in [-0.05, 0) is 47.5 Å². The number of phenols is 1. The van der Waals surface area contributed by atoms with Crippen LogP contribution in [0.1, 0.15) is 33.3 Å². The van der Waals surface area contributed by atoms with Gasteiger partial charge in [-0.3, -0.25) is 9.59 Å². The molecule has 0 radical (unpaired) electrons. The van der Waals surface area contributed by atoms with Crippen LogP contribution in [-0.4, -0.2) is 15.9 Å². The van der Waals surface area contributed by atoms with E-state index in [9.17, 15) is 19.1 Å². The minimum atomic E-state index is -0.775. The number of carbonyl (C=O) groups excluding carboxylic acids is 1. The fourth-order valence-electron chi connectivity index (χ4n) is 3.97. The lowest BCUT2D eigenvalue weighted by molar-refractivity contribution is 0.0714. The van der Waals surface area contributed by atoms with E-state index in [1.807, 2.05) is 6.07 Å². The van der Waals surface area contributed by atoms with Gasteiger partial charge in [-0.15, -0.1) is 0 Å². The molecule has 4 aromatic rings. The van der Waals surface area contributed by atoms with Crippen molar-refractivity contribution in [3.63, 3.8) is 0 Å². The molecule has 0 unspecified atom stereocenters. The van der Waals surface area contributed by atoms with Gasteiger partial charge in [0.05, 0.1) is 17.0 Å². The van der Waals surface area contributed by atoms with Crippen LogP contribution in [0, 0.1) is 5.82 Å². The van der Waals surface area contributed by atoms with Crippen LogP contribution in [0.4, 0.5) is 4.39 Å². The maximum absolute atomic E-state index is 13.8. The molecule has 3 aromatic carbocycles. The van der Waals surface area contributed by atoms with Crippen LogP contribution in [0.25, 0.3) is 11.0 Å². The van der Waals surface area contributed by atoms with Gasteiger partial charge in [-0.1, -0.05) is 41.9 Å². The van der Waals surface area contributed by atoms with Crippen molar-refractivity contribution < 1.29 is 18.7 Å². The number of aromatic hydroxyl groups is 1. The maximum atomic E-state index is 13.8. The standard InChI is InChI=1S/C24H15ClFNO4/c25-18-4-2-1-3-14(18)12-27-21(13-5-8-16(28)9-6-13)20-22(29)17-11-15(26)7-10-19(17)31-23(20)24(27)30/h1-11,21,28H,12H2/t21-/m0/s1. The molecule has 0 spiro atoms. The summed E-state index contributed by atoms with van der Waals surface area (Å²) in [5.74, 6) is -1.05. The van der Waals surface area contributed by atoms with E-state index < -0.39 is 23.2 Å². The number of carbonyl (C=O) groups is 1. The molecule has 1 aromatic heterocycles. The van der Waals surface area contributed by atoms with Crippen molar-refractivity contribution in [2.45, 2.75) is 12.6 Å². The van der Waals surface area contributed by atoms with Gasteiger partial charge in [-0.2, -0.15) is 0 Å². The molecule has 5 nitrogen and oxygen atoms in total. The minimum absolute atomic E-state index is 0.0542. The monoisotopic (exact) mass is 435 g/mol. The Balaban J connectivity index is 1.74. The summed E-state index contributed by atoms with van der Waals surface area (Å²) in [5, 5.41) is 10.2. The van der Waals surface area contributed by atoms with Crippen molar-refractivity contribution in [1.82, 2.24) is 4.90 Å². The van der Waals surface area contributed by atoms with Crippen LogP contribution < -0.4 is 5.43 Å². The number of phenolic OH excluding ortho intramolecular Hbond substituents is 1. The van der Waals surface area contributed by atoms with Crippen molar-refractivity contribution in [2.75, 3.05) is 0 Å². The molecule has 0 bridgehead atoms. The lowest BCUT2D eigenvalue weighted by atomic mass is 9.98. The van der Waals surface area contributed by atoms with Crippen LogP contribution in [-0.2, 0) is 6.54 Å². The van der Waals surface area contributed by atoms with Gasteiger partial charge in [0.15, 0.2) is 5.43 Å². The molecule has 31 heavy (non-hydrogen) atoms. The Morgan fingerprint density at radius 1 is 1.03 bits per heavy atom. The van der Waals surface area contributed by atoms with Gasteiger partial charge in [0.2, 0.25) is 5.76 Å². The summed E-state index contributed by atoms with van der Waals surface area (Å²) in [4.78, 5) is 28.2. The molecule has 1 aliphatic rings. The van der Waals surface area contributed by atoms with Gasteiger partial charge in [0.25, 0.3) is 5.91 Å². The first-order chi connectivity index (χ1) is 14.9. The minimum Gasteiger partial charge on any atom is -0.508 e. The Bertz CT molecular complexity index is 1400. The van der Waals surface area contributed by atoms with Crippen LogP contribution >= 0.6 is 11.6 Å². The molecule has 2 heterocycles. The van der Waals surface area contributed by atoms with Crippen molar-refractivity contribution in [3.05, 3.63) is 110 Å². The predicted molar refractivity (Wildman–Crippen MR) is 114 cm³/mol. The van der Waals surface area contributed by atoms with Crippen molar-refractivity contribution >= 4 is 28.5 Å². The molecule has 5 rings (SSSR count). The first-order valence-corrected chi connectivity index (χ1v) is 9.91. The van der Waals surface area contributed by atoms with E-state index in [0.29, 0.717) is 16.1 Å². The largest absolute Gasteiger partial charge is 0.508 e. The van der Waals surface area contributed by atoms with Crippen molar-refractivity contribution in [3.8, 4) is 5.75 Å². The zero-order valence-electron chi connectivity index (χ0n) is 16.0. The first-order valence-electron chi connectivity index (χ1n) is 9.53. The zero-order chi connectivity index (χ0) is 21.7. The smallest absolute Gasteiger partial charge is 0.291 e. The van der Waals surface area contributed by atoms with E-state index in [4.69, 9.17) is 16.0 Å². The molecular weight excluding hydrogens is 421 g/mol. The highest BCUT2D eigenvalue weighted by molar-refractivity contribution is 6.31. The highest BCUT2D eigenvalue weighted by Gasteiger charge is 2.42. The third-order valence-electron chi connectivity index (χ3n) is 5.44. The lowest BCUT2D eigenvalue weighted by Crippen LogP contribution is -2.29. The third-order valence-corrected chi connectivity index (χ3v) is 5.80. The van der Waals surface area contributed by atoms with Gasteiger partial charge in [0.1, 0.15) is 17.1 Å². The Labute approximate surface area is 180 Å². The highest BCUT2D eigenvalue weighted by Crippen LogP contribution is 2.40. The Kier molecular flexibility index (Phi) is 4.52. The first kappa shape index (κ1) is 19.3. The molecule has 0 aliphatic carbocycles. The SMILES string of the molecule is O=C1c2oc3ccc(F)cc3c(=O)c2[C@H](c2ccc(O)cc2)N1Cc1ccccc1Cl. The number of fused-ring (bicyclic) bond motifs is 2. The highest BCUT2D eigenvalue weighted by atomic mass is 35.5. The predicted octanol–water partition coefficient (Wildman–Crippen LogP) is 5.04. The number of halogens is 2. The molecule has 1 aliphatic heterocycles. The molecule has 0 fully saturated rings. The van der Waals surface area contributed by atoms with Crippen LogP contribution in [0.5, 0.6) is 5.75 Å². The molecule has 0 saturated carbocycles. The number of benzene rings is 3. The Morgan fingerprint density at radius 3 is 2.52 bits per heavy atom. The fourth-order valence-corrected chi connectivity index (χ4v) is 4.16. The second-order valence-electron chi connectivity index (χ2n) is 7.33. The lowest BCUT2D eigenvalue weighted by Gasteiger charge is -2.25. The van der Waals surface area contributed by atoms with E-state index in [-0.39, 0.29) is 34.6 Å². The van der Waals surface area contributed by atoms with Crippen molar-refractivity contribution in [1.29, 1.82) is 0 Å². The Hall–Kier alpha value is -3.64. The number of nitrogens with zero attached hydrogens (tertiary/aromatic N) is 1. The van der Waals surface area contributed by atoms with E-state index in [2.05, 4.69) is 0 Å². The van der Waals surface area contributed by atoms with Crippen molar-refractivity contribution in [2.24, 2.45) is 0 Å². The zero-order valence-corrected chi connectivity index (χ0v) is 16.8. The molecule has 154 valence electrons. The molecule has 7 heteroatoms. The van der Waals surface area contributed by atoms with Crippen LogP contribution in [0.15, 0.2) is 75.9 Å². The second-order valence-corrected chi connectivity index (χ2v) is 7.74. The summed E-state index contributed by atoms with van der Waals surface area (Å²) in [7, 11) is 0. The van der Waals surface area contributed by atoms with Gasteiger partial charge in [-0.25, -0.2) is 4.39 Å². The average molecular weight is 436 g/mol. The number of amides is 1. The maximum Gasteiger partial charge on any atom is 0.291 e. The summed E-state index contributed by atoms with van der Waals surface area (Å²) in [5.41, 5.74) is 1.13.